The molecule has 0 saturated carbocycles. The normalized spacial score (nSPS) is 14.2. The van der Waals surface area contributed by atoms with E-state index in [2.05, 4.69) is 0 Å². The van der Waals surface area contributed by atoms with Gasteiger partial charge in [-0.2, -0.15) is 13.2 Å². The van der Waals surface area contributed by atoms with E-state index in [0.29, 0.717) is 46.9 Å². The van der Waals surface area contributed by atoms with Gasteiger partial charge in [0, 0.05) is 24.4 Å². The maximum absolute atomic E-state index is 13.6. The van der Waals surface area contributed by atoms with Crippen LogP contribution in [0, 0.1) is 6.92 Å². The third-order valence-electron chi connectivity index (χ3n) is 5.95. The largest absolute Gasteiger partial charge is 0.512 e. The number of nitrogens with zero attached hydrogens (tertiary/aromatic N) is 2. The molecule has 0 aromatic heterocycles. The van der Waals surface area contributed by atoms with E-state index < -0.39 is 11.7 Å². The Hall–Kier alpha value is -2.58. The van der Waals surface area contributed by atoms with Gasteiger partial charge in [0.1, 0.15) is 0 Å². The van der Waals surface area contributed by atoms with Crippen molar-refractivity contribution in [1.82, 2.24) is 4.90 Å². The summed E-state index contributed by atoms with van der Waals surface area (Å²) >= 11 is 19.6. The van der Waals surface area contributed by atoms with Crippen LogP contribution in [0.4, 0.5) is 18.9 Å². The van der Waals surface area contributed by atoms with Crippen molar-refractivity contribution in [3.05, 3.63) is 116 Å². The molecule has 3 aromatic carbocycles. The van der Waals surface area contributed by atoms with E-state index in [1.54, 1.807) is 18.2 Å². The quantitative estimate of drug-likeness (QED) is 0.171. The summed E-state index contributed by atoms with van der Waals surface area (Å²) in [5, 5.41) is 10.8. The smallest absolute Gasteiger partial charge is 0.417 e. The average Bonchev–Trinajstić information content (AvgIpc) is 2.88. The lowest BCUT2D eigenvalue weighted by Crippen LogP contribution is -2.31. The molecule has 0 radical (unpaired) electrons. The highest BCUT2D eigenvalue weighted by atomic mass is 35.5. The molecule has 4 rings (SSSR count). The van der Waals surface area contributed by atoms with Gasteiger partial charge in [-0.15, -0.1) is 0 Å². The van der Waals surface area contributed by atoms with Gasteiger partial charge < -0.3 is 10.0 Å². The molecule has 0 amide bonds. The SMILES string of the molecule is Cc1ccc(SC(=Nc2ccc(Cl)c(C(F)(F)F)c2)N(CC2=CC=C(O)CC2)Cc2ccc(Cl)c(Cl)c2)cc1. The number of halogens is 6. The molecule has 3 nitrogen and oxygen atoms in total. The van der Waals surface area contributed by atoms with Crippen LogP contribution in [-0.4, -0.2) is 21.7 Å². The molecule has 3 aromatic rings. The standard InChI is InChI=1S/C29H24Cl3F3N2OS/c1-18-2-10-23(11-3-18)39-28(36-21-7-13-25(30)24(15-21)29(33,34)35)37(16-19-4-8-22(38)9-5-19)17-20-6-12-26(31)27(32)14-20/h2-4,6-8,10-15,38H,5,9,16-17H2,1H3. The molecule has 204 valence electrons. The number of aliphatic hydroxyl groups excluding tert-OH is 1. The van der Waals surface area contributed by atoms with E-state index in [1.807, 2.05) is 48.2 Å². The first-order valence-corrected chi connectivity index (χ1v) is 13.9. The minimum atomic E-state index is -4.62. The zero-order valence-electron chi connectivity index (χ0n) is 20.8. The van der Waals surface area contributed by atoms with E-state index in [0.717, 1.165) is 27.7 Å². The first kappa shape index (κ1) is 29.4. The summed E-state index contributed by atoms with van der Waals surface area (Å²) in [6.45, 7) is 2.77. The maximum atomic E-state index is 13.6. The number of benzene rings is 3. The van der Waals surface area contributed by atoms with Crippen LogP contribution in [0.5, 0.6) is 0 Å². The Kier molecular flexibility index (Phi) is 9.60. The van der Waals surface area contributed by atoms with Crippen molar-refractivity contribution in [2.75, 3.05) is 6.54 Å². The van der Waals surface area contributed by atoms with Crippen molar-refractivity contribution in [1.29, 1.82) is 0 Å². The topological polar surface area (TPSA) is 35.8 Å². The van der Waals surface area contributed by atoms with Crippen LogP contribution in [0.3, 0.4) is 0 Å². The fraction of sp³-hybridized carbons (Fsp3) is 0.207. The third-order valence-corrected chi connectivity index (χ3v) is 8.05. The summed E-state index contributed by atoms with van der Waals surface area (Å²) in [6.07, 6.45) is 0.0552. The van der Waals surface area contributed by atoms with E-state index in [-0.39, 0.29) is 10.7 Å². The Morgan fingerprint density at radius 2 is 1.62 bits per heavy atom. The first-order valence-electron chi connectivity index (χ1n) is 11.9. The summed E-state index contributed by atoms with van der Waals surface area (Å²) in [4.78, 5) is 7.56. The van der Waals surface area contributed by atoms with Gasteiger partial charge in [0.15, 0.2) is 5.17 Å². The molecule has 0 saturated heterocycles. The number of thioether (sulfide) groups is 1. The summed E-state index contributed by atoms with van der Waals surface area (Å²) in [5.74, 6) is 0.304. The lowest BCUT2D eigenvalue weighted by Gasteiger charge is -2.28. The van der Waals surface area contributed by atoms with Crippen molar-refractivity contribution in [2.45, 2.75) is 37.4 Å². The molecule has 0 heterocycles. The van der Waals surface area contributed by atoms with Crippen molar-refractivity contribution in [2.24, 2.45) is 4.99 Å². The van der Waals surface area contributed by atoms with Gasteiger partial charge in [-0.05, 0) is 67.4 Å². The van der Waals surface area contributed by atoms with E-state index in [9.17, 15) is 18.3 Å². The molecule has 1 aliphatic rings. The number of allylic oxidation sites excluding steroid dienone is 3. The maximum Gasteiger partial charge on any atom is 0.417 e. The van der Waals surface area contributed by atoms with Crippen LogP contribution in [0.15, 0.2) is 94.0 Å². The first-order chi connectivity index (χ1) is 18.5. The molecule has 0 bridgehead atoms. The van der Waals surface area contributed by atoms with E-state index in [4.69, 9.17) is 39.8 Å². The lowest BCUT2D eigenvalue weighted by atomic mass is 10.0. The average molecular weight is 612 g/mol. The van der Waals surface area contributed by atoms with Crippen LogP contribution < -0.4 is 0 Å². The monoisotopic (exact) mass is 610 g/mol. The Labute approximate surface area is 244 Å². The van der Waals surface area contributed by atoms with E-state index in [1.165, 1.54) is 23.9 Å². The zero-order chi connectivity index (χ0) is 28.2. The van der Waals surface area contributed by atoms with Gasteiger partial charge in [-0.1, -0.05) is 82.0 Å². The predicted octanol–water partition coefficient (Wildman–Crippen LogP) is 10.4. The fourth-order valence-corrected chi connectivity index (χ4v) is 5.31. The highest BCUT2D eigenvalue weighted by molar-refractivity contribution is 8.13. The number of rotatable bonds is 6. The number of aliphatic imine (C=N–C) groups is 1. The van der Waals surface area contributed by atoms with Crippen LogP contribution in [0.1, 0.15) is 29.5 Å². The predicted molar refractivity (Wildman–Crippen MR) is 155 cm³/mol. The molecule has 1 N–H and O–H groups in total. The molecule has 0 spiro atoms. The number of alkyl halides is 3. The zero-order valence-corrected chi connectivity index (χ0v) is 23.9. The van der Waals surface area contributed by atoms with Gasteiger partial charge in [0.05, 0.1) is 32.1 Å². The minimum Gasteiger partial charge on any atom is -0.512 e. The number of aliphatic hydroxyl groups is 1. The molecule has 0 atom stereocenters. The molecule has 0 aliphatic heterocycles. The van der Waals surface area contributed by atoms with Gasteiger partial charge in [0.25, 0.3) is 0 Å². The molecular weight excluding hydrogens is 588 g/mol. The highest BCUT2D eigenvalue weighted by Crippen LogP contribution is 2.38. The molecule has 0 fully saturated rings. The number of aryl methyl sites for hydroxylation is 1. The Morgan fingerprint density at radius 3 is 2.26 bits per heavy atom. The number of amidine groups is 1. The summed E-state index contributed by atoms with van der Waals surface area (Å²) in [6, 6.07) is 16.7. The van der Waals surface area contributed by atoms with Crippen LogP contribution in [0.2, 0.25) is 15.1 Å². The van der Waals surface area contributed by atoms with Crippen molar-refractivity contribution < 1.29 is 18.3 Å². The van der Waals surface area contributed by atoms with Crippen LogP contribution >= 0.6 is 46.6 Å². The second-order valence-electron chi connectivity index (χ2n) is 9.06. The highest BCUT2D eigenvalue weighted by Gasteiger charge is 2.33. The van der Waals surface area contributed by atoms with Gasteiger partial charge >= 0.3 is 6.18 Å². The van der Waals surface area contributed by atoms with Crippen molar-refractivity contribution in [3.8, 4) is 0 Å². The van der Waals surface area contributed by atoms with Crippen LogP contribution in [0.25, 0.3) is 0 Å². The third kappa shape index (κ3) is 8.21. The Morgan fingerprint density at radius 1 is 0.897 bits per heavy atom. The Bertz CT molecular complexity index is 1440. The minimum absolute atomic E-state index is 0.121. The van der Waals surface area contributed by atoms with Gasteiger partial charge in [0.2, 0.25) is 0 Å². The molecular formula is C29H24Cl3F3N2OS. The number of hydrogen-bond acceptors (Lipinski definition) is 3. The second kappa shape index (κ2) is 12.7. The molecule has 1 aliphatic carbocycles. The number of hydrogen-bond donors (Lipinski definition) is 1. The molecule has 0 unspecified atom stereocenters. The van der Waals surface area contributed by atoms with E-state index >= 15 is 0 Å². The fourth-order valence-electron chi connectivity index (χ4n) is 3.88. The summed E-state index contributed by atoms with van der Waals surface area (Å²) in [7, 11) is 0. The van der Waals surface area contributed by atoms with Gasteiger partial charge in [-0.25, -0.2) is 4.99 Å². The Balaban J connectivity index is 1.80. The van der Waals surface area contributed by atoms with Crippen molar-refractivity contribution >= 4 is 57.4 Å². The molecule has 39 heavy (non-hydrogen) atoms. The second-order valence-corrected chi connectivity index (χ2v) is 11.3. The molecule has 10 heteroatoms. The van der Waals surface area contributed by atoms with Crippen molar-refractivity contribution in [3.63, 3.8) is 0 Å². The summed E-state index contributed by atoms with van der Waals surface area (Å²) in [5.41, 5.74) is 2.14. The summed E-state index contributed by atoms with van der Waals surface area (Å²) < 4.78 is 40.8. The van der Waals surface area contributed by atoms with Gasteiger partial charge in [-0.3, -0.25) is 0 Å². The van der Waals surface area contributed by atoms with Crippen LogP contribution in [-0.2, 0) is 12.7 Å². The lowest BCUT2D eigenvalue weighted by molar-refractivity contribution is -0.137.